The SMILES string of the molecule is CSC(SC)=C(c1ccccc1)[Si](C)(C)c1ccccc1. The first kappa shape index (κ1) is 16.5. The van der Waals surface area contributed by atoms with Gasteiger partial charge in [-0.2, -0.15) is 0 Å². The fourth-order valence-electron chi connectivity index (χ4n) is 2.63. The number of hydrogen-bond acceptors (Lipinski definition) is 2. The Bertz CT molecular complexity index is 598. The molecule has 0 atom stereocenters. The predicted molar refractivity (Wildman–Crippen MR) is 104 cm³/mol. The van der Waals surface area contributed by atoms with E-state index in [2.05, 4.69) is 86.3 Å². The minimum absolute atomic E-state index is 1.37. The van der Waals surface area contributed by atoms with Gasteiger partial charge in [0.25, 0.3) is 0 Å². The number of thioether (sulfide) groups is 2. The maximum atomic E-state index is 2.46. The van der Waals surface area contributed by atoms with Crippen molar-refractivity contribution in [2.24, 2.45) is 0 Å². The van der Waals surface area contributed by atoms with Crippen LogP contribution in [0.1, 0.15) is 5.56 Å². The molecular formula is C18H22S2Si. The Balaban J connectivity index is 2.64. The van der Waals surface area contributed by atoms with E-state index in [4.69, 9.17) is 0 Å². The molecule has 0 saturated carbocycles. The second kappa shape index (κ2) is 7.39. The standard InChI is InChI=1S/C18H22S2Si/c1-19-18(20-2)17(15-11-7-5-8-12-15)21(3,4)16-13-9-6-10-14-16/h5-14H,1-4H3. The second-order valence-electron chi connectivity index (χ2n) is 5.43. The number of hydrogen-bond donors (Lipinski definition) is 0. The lowest BCUT2D eigenvalue weighted by Crippen LogP contribution is -2.43. The van der Waals surface area contributed by atoms with Crippen molar-refractivity contribution >= 4 is 42.0 Å². The fourth-order valence-corrected chi connectivity index (χ4v) is 8.79. The monoisotopic (exact) mass is 330 g/mol. The van der Waals surface area contributed by atoms with Crippen LogP contribution >= 0.6 is 23.5 Å². The Kier molecular flexibility index (Phi) is 5.79. The highest BCUT2D eigenvalue weighted by molar-refractivity contribution is 8.22. The molecule has 0 amide bonds. The molecule has 0 bridgehead atoms. The summed E-state index contributed by atoms with van der Waals surface area (Å²) in [5.74, 6) is 0. The average molecular weight is 331 g/mol. The van der Waals surface area contributed by atoms with Crippen LogP contribution in [0.15, 0.2) is 64.9 Å². The molecule has 0 aromatic heterocycles. The molecule has 0 radical (unpaired) electrons. The van der Waals surface area contributed by atoms with Gasteiger partial charge < -0.3 is 0 Å². The van der Waals surface area contributed by atoms with Gasteiger partial charge in [-0.05, 0) is 23.3 Å². The molecule has 0 saturated heterocycles. The minimum Gasteiger partial charge on any atom is -0.123 e. The van der Waals surface area contributed by atoms with E-state index in [-0.39, 0.29) is 0 Å². The lowest BCUT2D eigenvalue weighted by atomic mass is 10.2. The molecule has 2 aromatic carbocycles. The summed E-state index contributed by atoms with van der Waals surface area (Å²) in [6.07, 6.45) is 4.37. The Labute approximate surface area is 138 Å². The molecule has 0 nitrogen and oxygen atoms in total. The van der Waals surface area contributed by atoms with Crippen molar-refractivity contribution in [3.05, 3.63) is 70.5 Å². The van der Waals surface area contributed by atoms with Crippen molar-refractivity contribution in [1.29, 1.82) is 0 Å². The maximum absolute atomic E-state index is 2.46. The van der Waals surface area contributed by atoms with Gasteiger partial charge in [0, 0.05) is 4.24 Å². The van der Waals surface area contributed by atoms with Crippen LogP contribution in [0.5, 0.6) is 0 Å². The molecule has 21 heavy (non-hydrogen) atoms. The Hall–Kier alpha value is -0.903. The summed E-state index contributed by atoms with van der Waals surface area (Å²) in [7, 11) is -1.72. The van der Waals surface area contributed by atoms with Gasteiger partial charge in [0.1, 0.15) is 8.07 Å². The van der Waals surface area contributed by atoms with E-state index in [1.54, 1.807) is 5.20 Å². The summed E-state index contributed by atoms with van der Waals surface area (Å²) in [5, 5.41) is 3.04. The summed E-state index contributed by atoms with van der Waals surface area (Å²) >= 11 is 3.74. The zero-order chi connectivity index (χ0) is 15.3. The highest BCUT2D eigenvalue weighted by Gasteiger charge is 2.31. The van der Waals surface area contributed by atoms with Crippen LogP contribution < -0.4 is 5.19 Å². The van der Waals surface area contributed by atoms with Gasteiger partial charge in [0.05, 0.1) is 0 Å². The summed E-state index contributed by atoms with van der Waals surface area (Å²) < 4.78 is 1.45. The number of rotatable bonds is 5. The molecule has 0 aliphatic carbocycles. The van der Waals surface area contributed by atoms with E-state index in [1.807, 2.05) is 23.5 Å². The third-order valence-corrected chi connectivity index (χ3v) is 9.84. The number of benzene rings is 2. The molecule has 0 heterocycles. The summed E-state index contributed by atoms with van der Waals surface area (Å²) in [5.41, 5.74) is 1.37. The first-order chi connectivity index (χ1) is 10.1. The largest absolute Gasteiger partial charge is 0.123 e. The normalized spacial score (nSPS) is 11.2. The Morgan fingerprint density at radius 3 is 1.71 bits per heavy atom. The highest BCUT2D eigenvalue weighted by atomic mass is 32.2. The van der Waals surface area contributed by atoms with E-state index in [0.29, 0.717) is 0 Å². The zero-order valence-corrected chi connectivity index (χ0v) is 15.7. The van der Waals surface area contributed by atoms with Crippen molar-refractivity contribution in [3.8, 4) is 0 Å². The third-order valence-electron chi connectivity index (χ3n) is 3.76. The molecule has 0 unspecified atom stereocenters. The molecule has 0 fully saturated rings. The van der Waals surface area contributed by atoms with Crippen LogP contribution in [-0.4, -0.2) is 20.6 Å². The van der Waals surface area contributed by atoms with E-state index in [0.717, 1.165) is 0 Å². The van der Waals surface area contributed by atoms with Gasteiger partial charge in [0.2, 0.25) is 0 Å². The minimum atomic E-state index is -1.72. The zero-order valence-electron chi connectivity index (χ0n) is 13.1. The molecule has 0 spiro atoms. The second-order valence-corrected chi connectivity index (χ2v) is 11.6. The van der Waals surface area contributed by atoms with Crippen LogP contribution in [0, 0.1) is 0 Å². The summed E-state index contributed by atoms with van der Waals surface area (Å²) in [4.78, 5) is 0. The van der Waals surface area contributed by atoms with Crippen LogP contribution in [-0.2, 0) is 0 Å². The van der Waals surface area contributed by atoms with Gasteiger partial charge in [0.15, 0.2) is 0 Å². The van der Waals surface area contributed by atoms with Crippen molar-refractivity contribution in [2.75, 3.05) is 12.5 Å². The van der Waals surface area contributed by atoms with Crippen LogP contribution in [0.2, 0.25) is 13.1 Å². The van der Waals surface area contributed by atoms with E-state index in [1.165, 1.54) is 15.0 Å². The highest BCUT2D eigenvalue weighted by Crippen LogP contribution is 2.38. The van der Waals surface area contributed by atoms with Crippen molar-refractivity contribution in [3.63, 3.8) is 0 Å². The van der Waals surface area contributed by atoms with Crippen molar-refractivity contribution in [2.45, 2.75) is 13.1 Å². The smallest absolute Gasteiger partial charge is 0.115 e. The van der Waals surface area contributed by atoms with E-state index < -0.39 is 8.07 Å². The lowest BCUT2D eigenvalue weighted by molar-refractivity contribution is 1.62. The summed E-state index contributed by atoms with van der Waals surface area (Å²) in [6, 6.07) is 21.9. The predicted octanol–water partition coefficient (Wildman–Crippen LogP) is 5.24. The molecule has 0 N–H and O–H groups in total. The summed E-state index contributed by atoms with van der Waals surface area (Å²) in [6.45, 7) is 4.91. The lowest BCUT2D eigenvalue weighted by Gasteiger charge is -2.29. The van der Waals surface area contributed by atoms with Crippen LogP contribution in [0.25, 0.3) is 5.20 Å². The van der Waals surface area contributed by atoms with E-state index >= 15 is 0 Å². The first-order valence-corrected chi connectivity index (χ1v) is 12.5. The molecule has 3 heteroatoms. The Morgan fingerprint density at radius 1 is 0.762 bits per heavy atom. The third kappa shape index (κ3) is 3.65. The molecule has 2 rings (SSSR count). The maximum Gasteiger partial charge on any atom is 0.115 e. The van der Waals surface area contributed by atoms with Gasteiger partial charge in [-0.25, -0.2) is 0 Å². The fraction of sp³-hybridized carbons (Fsp3) is 0.222. The molecular weight excluding hydrogens is 308 g/mol. The van der Waals surface area contributed by atoms with E-state index in [9.17, 15) is 0 Å². The van der Waals surface area contributed by atoms with Crippen LogP contribution in [0.4, 0.5) is 0 Å². The molecule has 0 aliphatic rings. The van der Waals surface area contributed by atoms with Crippen molar-refractivity contribution < 1.29 is 0 Å². The van der Waals surface area contributed by atoms with Gasteiger partial charge in [-0.15, -0.1) is 23.5 Å². The van der Waals surface area contributed by atoms with Gasteiger partial charge >= 0.3 is 0 Å². The average Bonchev–Trinajstić information content (AvgIpc) is 2.54. The van der Waals surface area contributed by atoms with Crippen LogP contribution in [0.3, 0.4) is 0 Å². The molecule has 0 aliphatic heterocycles. The van der Waals surface area contributed by atoms with Crippen molar-refractivity contribution in [1.82, 2.24) is 0 Å². The Morgan fingerprint density at radius 2 is 1.24 bits per heavy atom. The first-order valence-electron chi connectivity index (χ1n) is 7.05. The quantitative estimate of drug-likeness (QED) is 0.688. The molecule has 2 aromatic rings. The topological polar surface area (TPSA) is 0 Å². The molecule has 110 valence electrons. The van der Waals surface area contributed by atoms with Gasteiger partial charge in [-0.1, -0.05) is 78.9 Å². The van der Waals surface area contributed by atoms with Gasteiger partial charge in [-0.3, -0.25) is 0 Å².